The molecule has 0 aliphatic heterocycles. The SMILES string of the molecule is COc1cccc(OC)c1-n1cnc(=O)c(-c2nnc(Cn3ccccc3=O)o2)c1O. The minimum atomic E-state index is -0.769. The summed E-state index contributed by atoms with van der Waals surface area (Å²) in [6.07, 6.45) is 2.71. The Balaban J connectivity index is 1.81. The molecule has 0 saturated heterocycles. The second-order valence-corrected chi connectivity index (χ2v) is 6.30. The maximum Gasteiger partial charge on any atom is 0.289 e. The Labute approximate surface area is 174 Å². The molecule has 158 valence electrons. The zero-order valence-electron chi connectivity index (χ0n) is 16.6. The number of para-hydroxylation sites is 1. The summed E-state index contributed by atoms with van der Waals surface area (Å²) >= 11 is 0. The molecular formula is C20H17N5O6. The molecule has 0 bridgehead atoms. The van der Waals surface area contributed by atoms with Crippen LogP contribution in [0.5, 0.6) is 17.4 Å². The fourth-order valence-corrected chi connectivity index (χ4v) is 3.02. The van der Waals surface area contributed by atoms with Crippen LogP contribution in [0, 0.1) is 0 Å². The van der Waals surface area contributed by atoms with E-state index in [0.717, 1.165) is 6.33 Å². The number of ether oxygens (including phenoxy) is 2. The van der Waals surface area contributed by atoms with Crippen molar-refractivity contribution in [2.24, 2.45) is 0 Å². The predicted octanol–water partition coefficient (Wildman–Crippen LogP) is 1.22. The Hall–Kier alpha value is -4.41. The maximum absolute atomic E-state index is 12.4. The molecule has 4 rings (SSSR count). The fraction of sp³-hybridized carbons (Fsp3) is 0.150. The van der Waals surface area contributed by atoms with Crippen LogP contribution in [-0.2, 0) is 6.54 Å². The van der Waals surface area contributed by atoms with E-state index in [-0.39, 0.29) is 29.4 Å². The normalized spacial score (nSPS) is 10.8. The first-order valence-corrected chi connectivity index (χ1v) is 9.03. The van der Waals surface area contributed by atoms with Crippen LogP contribution in [0.3, 0.4) is 0 Å². The standard InChI is InChI=1S/C20H17N5O6/c1-29-12-6-5-7-13(30-2)17(12)25-11-21-18(27)16(20(25)28)19-23-22-14(31-19)10-24-9-4-3-8-15(24)26/h3-9,11,28H,10H2,1-2H3. The van der Waals surface area contributed by atoms with Gasteiger partial charge in [0, 0.05) is 12.3 Å². The van der Waals surface area contributed by atoms with Crippen molar-refractivity contribution in [2.75, 3.05) is 14.2 Å². The molecule has 1 N–H and O–H groups in total. The second kappa shape index (κ2) is 8.14. The van der Waals surface area contributed by atoms with Gasteiger partial charge in [0.05, 0.1) is 14.2 Å². The van der Waals surface area contributed by atoms with Gasteiger partial charge in [-0.25, -0.2) is 0 Å². The molecule has 0 aliphatic carbocycles. The van der Waals surface area contributed by atoms with E-state index in [4.69, 9.17) is 13.9 Å². The number of rotatable bonds is 6. The molecule has 31 heavy (non-hydrogen) atoms. The van der Waals surface area contributed by atoms with Gasteiger partial charge in [0.25, 0.3) is 17.0 Å². The van der Waals surface area contributed by atoms with Crippen molar-refractivity contribution >= 4 is 0 Å². The molecule has 0 unspecified atom stereocenters. The number of benzene rings is 1. The van der Waals surface area contributed by atoms with E-state index in [1.165, 1.54) is 29.4 Å². The van der Waals surface area contributed by atoms with Crippen molar-refractivity contribution < 1.29 is 19.0 Å². The number of aromatic hydroxyl groups is 1. The molecule has 4 aromatic rings. The lowest BCUT2D eigenvalue weighted by Gasteiger charge is -2.16. The third-order valence-corrected chi connectivity index (χ3v) is 4.48. The largest absolute Gasteiger partial charge is 0.494 e. The number of hydrogen-bond acceptors (Lipinski definition) is 9. The lowest BCUT2D eigenvalue weighted by Crippen LogP contribution is -2.18. The number of nitrogens with zero attached hydrogens (tertiary/aromatic N) is 5. The Bertz CT molecular complexity index is 1330. The van der Waals surface area contributed by atoms with Gasteiger partial charge in [0.15, 0.2) is 5.56 Å². The molecular weight excluding hydrogens is 406 g/mol. The Kier molecular flexibility index (Phi) is 5.22. The summed E-state index contributed by atoms with van der Waals surface area (Å²) in [5.74, 6) is 0.0980. The molecule has 0 amide bonds. The topological polar surface area (TPSA) is 134 Å². The van der Waals surface area contributed by atoms with E-state index in [1.54, 1.807) is 36.5 Å². The smallest absolute Gasteiger partial charge is 0.289 e. The minimum Gasteiger partial charge on any atom is -0.494 e. The van der Waals surface area contributed by atoms with Crippen LogP contribution >= 0.6 is 0 Å². The summed E-state index contributed by atoms with van der Waals surface area (Å²) in [4.78, 5) is 28.1. The van der Waals surface area contributed by atoms with Crippen LogP contribution in [0.15, 0.2) is 62.9 Å². The van der Waals surface area contributed by atoms with E-state index in [2.05, 4.69) is 15.2 Å². The van der Waals surface area contributed by atoms with Crippen LogP contribution in [0.25, 0.3) is 17.1 Å². The van der Waals surface area contributed by atoms with E-state index in [0.29, 0.717) is 17.2 Å². The highest BCUT2D eigenvalue weighted by molar-refractivity contribution is 5.64. The molecule has 3 heterocycles. The van der Waals surface area contributed by atoms with E-state index in [1.807, 2.05) is 0 Å². The third kappa shape index (κ3) is 3.64. The minimum absolute atomic E-state index is 0.00220. The predicted molar refractivity (Wildman–Crippen MR) is 108 cm³/mol. The first kappa shape index (κ1) is 19.9. The van der Waals surface area contributed by atoms with Gasteiger partial charge in [0.2, 0.25) is 11.8 Å². The summed E-state index contributed by atoms with van der Waals surface area (Å²) in [5, 5.41) is 18.6. The first-order valence-electron chi connectivity index (χ1n) is 9.03. The second-order valence-electron chi connectivity index (χ2n) is 6.30. The zero-order chi connectivity index (χ0) is 22.0. The Morgan fingerprint density at radius 3 is 2.45 bits per heavy atom. The molecule has 0 radical (unpaired) electrons. The van der Waals surface area contributed by atoms with Crippen molar-refractivity contribution in [3.63, 3.8) is 0 Å². The van der Waals surface area contributed by atoms with Crippen LogP contribution < -0.4 is 20.6 Å². The monoisotopic (exact) mass is 423 g/mol. The lowest BCUT2D eigenvalue weighted by atomic mass is 10.2. The average Bonchev–Trinajstić information content (AvgIpc) is 3.23. The number of aromatic nitrogens is 5. The van der Waals surface area contributed by atoms with Crippen molar-refractivity contribution in [2.45, 2.75) is 6.54 Å². The Morgan fingerprint density at radius 1 is 1.03 bits per heavy atom. The molecule has 0 saturated carbocycles. The van der Waals surface area contributed by atoms with Gasteiger partial charge in [-0.2, -0.15) is 4.98 Å². The van der Waals surface area contributed by atoms with Crippen molar-refractivity contribution in [3.05, 3.63) is 75.5 Å². The number of pyridine rings is 1. The van der Waals surface area contributed by atoms with E-state index < -0.39 is 11.4 Å². The molecule has 11 nitrogen and oxygen atoms in total. The summed E-state index contributed by atoms with van der Waals surface area (Å²) in [6, 6.07) is 9.73. The number of hydrogen-bond donors (Lipinski definition) is 1. The van der Waals surface area contributed by atoms with Crippen molar-refractivity contribution in [3.8, 4) is 34.5 Å². The van der Waals surface area contributed by atoms with Gasteiger partial charge >= 0.3 is 0 Å². The summed E-state index contributed by atoms with van der Waals surface area (Å²) in [6.45, 7) is 0.00220. The zero-order valence-corrected chi connectivity index (χ0v) is 16.6. The third-order valence-electron chi connectivity index (χ3n) is 4.48. The van der Waals surface area contributed by atoms with Crippen LogP contribution in [0.4, 0.5) is 0 Å². The van der Waals surface area contributed by atoms with Gasteiger partial charge in [0.1, 0.15) is 30.1 Å². The van der Waals surface area contributed by atoms with Crippen molar-refractivity contribution in [1.29, 1.82) is 0 Å². The van der Waals surface area contributed by atoms with Crippen LogP contribution in [0.2, 0.25) is 0 Å². The van der Waals surface area contributed by atoms with Gasteiger partial charge < -0.3 is 23.6 Å². The van der Waals surface area contributed by atoms with E-state index in [9.17, 15) is 14.7 Å². The fourth-order valence-electron chi connectivity index (χ4n) is 3.02. The van der Waals surface area contributed by atoms with Gasteiger partial charge in [-0.3, -0.25) is 14.2 Å². The lowest BCUT2D eigenvalue weighted by molar-refractivity contribution is 0.381. The molecule has 0 fully saturated rings. The molecule has 1 aromatic carbocycles. The highest BCUT2D eigenvalue weighted by Crippen LogP contribution is 2.36. The first-order chi connectivity index (χ1) is 15.0. The van der Waals surface area contributed by atoms with Gasteiger partial charge in [-0.15, -0.1) is 10.2 Å². The maximum atomic E-state index is 12.4. The van der Waals surface area contributed by atoms with Crippen molar-refractivity contribution in [1.82, 2.24) is 24.3 Å². The van der Waals surface area contributed by atoms with Crippen LogP contribution in [0.1, 0.15) is 5.89 Å². The highest BCUT2D eigenvalue weighted by Gasteiger charge is 2.23. The van der Waals surface area contributed by atoms with Gasteiger partial charge in [-0.1, -0.05) is 12.1 Å². The summed E-state index contributed by atoms with van der Waals surface area (Å²) < 4.78 is 18.8. The molecule has 0 spiro atoms. The average molecular weight is 423 g/mol. The molecule has 11 heteroatoms. The molecule has 0 aliphatic rings. The summed E-state index contributed by atoms with van der Waals surface area (Å²) in [5.41, 5.74) is -0.990. The quantitative estimate of drug-likeness (QED) is 0.485. The molecule has 0 atom stereocenters. The van der Waals surface area contributed by atoms with Gasteiger partial charge in [-0.05, 0) is 18.2 Å². The Morgan fingerprint density at radius 2 is 1.77 bits per heavy atom. The highest BCUT2D eigenvalue weighted by atomic mass is 16.5. The van der Waals surface area contributed by atoms with Crippen LogP contribution in [-0.4, -0.2) is 43.6 Å². The summed E-state index contributed by atoms with van der Waals surface area (Å²) in [7, 11) is 2.92. The van der Waals surface area contributed by atoms with E-state index >= 15 is 0 Å². The number of methoxy groups -OCH3 is 2. The molecule has 3 aromatic heterocycles.